The van der Waals surface area contributed by atoms with E-state index in [4.69, 9.17) is 0 Å². The molecule has 0 bridgehead atoms. The topological polar surface area (TPSA) is 63.4 Å². The third-order valence-corrected chi connectivity index (χ3v) is 3.28. The number of rotatable bonds is 4. The van der Waals surface area contributed by atoms with Gasteiger partial charge in [-0.2, -0.15) is 13.2 Å². The maximum Gasteiger partial charge on any atom is 0.416 e. The molecule has 116 valence electrons. The van der Waals surface area contributed by atoms with Crippen LogP contribution in [-0.4, -0.2) is 16.6 Å². The number of hydrogen-bond acceptors (Lipinski definition) is 3. The van der Waals surface area contributed by atoms with Crippen molar-refractivity contribution >= 4 is 0 Å². The molecule has 2 aromatic rings. The predicted molar refractivity (Wildman–Crippen MR) is 73.3 cm³/mol. The predicted octanol–water partition coefficient (Wildman–Crippen LogP) is 3.82. The number of hydrogen-bond donors (Lipinski definition) is 1. The summed E-state index contributed by atoms with van der Waals surface area (Å²) in [5, 5.41) is 20.7. The highest BCUT2D eigenvalue weighted by atomic mass is 19.4. The fourth-order valence-corrected chi connectivity index (χ4v) is 2.22. The van der Waals surface area contributed by atoms with Crippen molar-refractivity contribution in [3.8, 4) is 5.75 Å². The SMILES string of the molecule is O=[N+]([O-])CC(c1ccc(C(F)(F)F)cc1)c1ccccc1O. The van der Waals surface area contributed by atoms with Crippen LogP contribution in [0.1, 0.15) is 22.6 Å². The Hall–Kier alpha value is -2.57. The molecule has 2 rings (SSSR count). The van der Waals surface area contributed by atoms with E-state index in [9.17, 15) is 28.4 Å². The summed E-state index contributed by atoms with van der Waals surface area (Å²) < 4.78 is 37.7. The quantitative estimate of drug-likeness (QED) is 0.689. The average Bonchev–Trinajstić information content (AvgIpc) is 2.45. The van der Waals surface area contributed by atoms with Crippen LogP contribution in [0.25, 0.3) is 0 Å². The van der Waals surface area contributed by atoms with Gasteiger partial charge in [-0.15, -0.1) is 0 Å². The van der Waals surface area contributed by atoms with E-state index in [2.05, 4.69) is 0 Å². The molecule has 1 N–H and O–H groups in total. The van der Waals surface area contributed by atoms with E-state index >= 15 is 0 Å². The van der Waals surface area contributed by atoms with Gasteiger partial charge < -0.3 is 5.11 Å². The average molecular weight is 311 g/mol. The van der Waals surface area contributed by atoms with Crippen LogP contribution in [0.2, 0.25) is 0 Å². The van der Waals surface area contributed by atoms with Crippen molar-refractivity contribution in [2.75, 3.05) is 6.54 Å². The molecular weight excluding hydrogens is 299 g/mol. The van der Waals surface area contributed by atoms with Gasteiger partial charge >= 0.3 is 6.18 Å². The van der Waals surface area contributed by atoms with E-state index in [1.807, 2.05) is 0 Å². The lowest BCUT2D eigenvalue weighted by molar-refractivity contribution is -0.481. The summed E-state index contributed by atoms with van der Waals surface area (Å²) in [5.41, 5.74) is -0.182. The maximum absolute atomic E-state index is 12.6. The van der Waals surface area contributed by atoms with E-state index in [1.54, 1.807) is 12.1 Å². The van der Waals surface area contributed by atoms with E-state index < -0.39 is 29.1 Å². The van der Waals surface area contributed by atoms with Crippen LogP contribution in [0, 0.1) is 10.1 Å². The van der Waals surface area contributed by atoms with Crippen LogP contribution in [0.3, 0.4) is 0 Å². The Labute approximate surface area is 124 Å². The molecule has 0 saturated carbocycles. The van der Waals surface area contributed by atoms with Crippen LogP contribution in [0.15, 0.2) is 48.5 Å². The fraction of sp³-hybridized carbons (Fsp3) is 0.200. The fourth-order valence-electron chi connectivity index (χ4n) is 2.22. The van der Waals surface area contributed by atoms with Crippen molar-refractivity contribution in [1.82, 2.24) is 0 Å². The van der Waals surface area contributed by atoms with Gasteiger partial charge in [-0.1, -0.05) is 30.3 Å². The minimum atomic E-state index is -4.47. The minimum Gasteiger partial charge on any atom is -0.508 e. The molecule has 0 aliphatic rings. The van der Waals surface area contributed by atoms with Crippen molar-refractivity contribution in [2.45, 2.75) is 12.1 Å². The Morgan fingerprint density at radius 2 is 1.68 bits per heavy atom. The van der Waals surface area contributed by atoms with E-state index in [1.165, 1.54) is 24.3 Å². The first-order chi connectivity index (χ1) is 10.3. The minimum absolute atomic E-state index is 0.130. The first-order valence-electron chi connectivity index (χ1n) is 6.36. The normalized spacial score (nSPS) is 12.9. The zero-order valence-electron chi connectivity index (χ0n) is 11.2. The largest absolute Gasteiger partial charge is 0.508 e. The van der Waals surface area contributed by atoms with Crippen LogP contribution in [-0.2, 0) is 6.18 Å². The lowest BCUT2D eigenvalue weighted by Gasteiger charge is -2.16. The Balaban J connectivity index is 2.42. The molecule has 7 heteroatoms. The second-order valence-electron chi connectivity index (χ2n) is 4.75. The number of para-hydroxylation sites is 1. The van der Waals surface area contributed by atoms with Gasteiger partial charge in [0, 0.05) is 10.5 Å². The Bertz CT molecular complexity index is 668. The molecular formula is C15H12F3NO3. The number of phenols is 1. The Morgan fingerprint density at radius 3 is 2.18 bits per heavy atom. The first kappa shape index (κ1) is 15.8. The highest BCUT2D eigenvalue weighted by Gasteiger charge is 2.31. The molecule has 0 saturated heterocycles. The summed E-state index contributed by atoms with van der Waals surface area (Å²) in [7, 11) is 0. The van der Waals surface area contributed by atoms with Gasteiger partial charge in [0.25, 0.3) is 0 Å². The van der Waals surface area contributed by atoms with Gasteiger partial charge in [0.05, 0.1) is 11.5 Å². The summed E-state index contributed by atoms with van der Waals surface area (Å²) in [5.74, 6) is -0.951. The molecule has 22 heavy (non-hydrogen) atoms. The highest BCUT2D eigenvalue weighted by molar-refractivity contribution is 5.42. The lowest BCUT2D eigenvalue weighted by Crippen LogP contribution is -2.14. The molecule has 0 fully saturated rings. The van der Waals surface area contributed by atoms with Crippen molar-refractivity contribution in [2.24, 2.45) is 0 Å². The molecule has 0 aliphatic heterocycles. The second-order valence-corrected chi connectivity index (χ2v) is 4.75. The van der Waals surface area contributed by atoms with Gasteiger partial charge in [-0.3, -0.25) is 10.1 Å². The molecule has 1 atom stereocenters. The Morgan fingerprint density at radius 1 is 1.09 bits per heavy atom. The van der Waals surface area contributed by atoms with Gasteiger partial charge in [0.1, 0.15) is 5.75 Å². The second kappa shape index (κ2) is 6.05. The van der Waals surface area contributed by atoms with Gasteiger partial charge in [-0.05, 0) is 23.8 Å². The van der Waals surface area contributed by atoms with E-state index in [0.29, 0.717) is 11.1 Å². The van der Waals surface area contributed by atoms with Crippen molar-refractivity contribution in [1.29, 1.82) is 0 Å². The molecule has 0 aromatic heterocycles. The van der Waals surface area contributed by atoms with Crippen molar-refractivity contribution in [3.05, 3.63) is 75.3 Å². The number of nitrogens with zero attached hydrogens (tertiary/aromatic N) is 1. The molecule has 0 heterocycles. The summed E-state index contributed by atoms with van der Waals surface area (Å²) in [4.78, 5) is 10.3. The smallest absolute Gasteiger partial charge is 0.416 e. The van der Waals surface area contributed by atoms with Crippen molar-refractivity contribution < 1.29 is 23.2 Å². The summed E-state index contributed by atoms with van der Waals surface area (Å²) in [6.07, 6.45) is -4.47. The van der Waals surface area contributed by atoms with Crippen LogP contribution in [0.5, 0.6) is 5.75 Å². The van der Waals surface area contributed by atoms with Gasteiger partial charge in [0.2, 0.25) is 6.54 Å². The zero-order valence-corrected chi connectivity index (χ0v) is 11.2. The summed E-state index contributed by atoms with van der Waals surface area (Å²) in [6, 6.07) is 10.2. The molecule has 0 amide bonds. The molecule has 1 unspecified atom stereocenters. The third-order valence-electron chi connectivity index (χ3n) is 3.28. The van der Waals surface area contributed by atoms with Gasteiger partial charge in [-0.25, -0.2) is 0 Å². The number of halogens is 3. The monoisotopic (exact) mass is 311 g/mol. The number of phenolic OH excluding ortho intramolecular Hbond substituents is 1. The molecule has 0 radical (unpaired) electrons. The number of nitro groups is 1. The van der Waals surface area contributed by atoms with Crippen LogP contribution in [0.4, 0.5) is 13.2 Å². The Kier molecular flexibility index (Phi) is 4.35. The summed E-state index contributed by atoms with van der Waals surface area (Å²) >= 11 is 0. The van der Waals surface area contributed by atoms with E-state index in [0.717, 1.165) is 12.1 Å². The van der Waals surface area contributed by atoms with Crippen molar-refractivity contribution in [3.63, 3.8) is 0 Å². The summed E-state index contributed by atoms with van der Waals surface area (Å²) in [6.45, 7) is -0.525. The first-order valence-corrected chi connectivity index (χ1v) is 6.36. The number of benzene rings is 2. The van der Waals surface area contributed by atoms with E-state index in [-0.39, 0.29) is 5.75 Å². The van der Waals surface area contributed by atoms with Gasteiger partial charge in [0.15, 0.2) is 0 Å². The third kappa shape index (κ3) is 3.55. The number of aromatic hydroxyl groups is 1. The highest BCUT2D eigenvalue weighted by Crippen LogP contribution is 2.34. The van der Waals surface area contributed by atoms with Crippen LogP contribution < -0.4 is 0 Å². The molecule has 0 aliphatic carbocycles. The standard InChI is InChI=1S/C15H12F3NO3/c16-15(17,18)11-7-5-10(6-8-11)13(9-19(21)22)12-3-1-2-4-14(12)20/h1-8,13,20H,9H2. The number of alkyl halides is 3. The zero-order chi connectivity index (χ0) is 16.3. The molecule has 2 aromatic carbocycles. The molecule has 4 nitrogen and oxygen atoms in total. The molecule has 0 spiro atoms. The maximum atomic E-state index is 12.6. The lowest BCUT2D eigenvalue weighted by atomic mass is 9.90. The van der Waals surface area contributed by atoms with Crippen LogP contribution >= 0.6 is 0 Å².